The molecule has 8 heteroatoms. The second-order valence-electron chi connectivity index (χ2n) is 6.86. The van der Waals surface area contributed by atoms with Crippen molar-refractivity contribution in [2.24, 2.45) is 0 Å². The van der Waals surface area contributed by atoms with Crippen LogP contribution in [0.5, 0.6) is 0 Å². The number of nitro benzene ring substituents is 1. The van der Waals surface area contributed by atoms with E-state index in [0.29, 0.717) is 5.56 Å². The molecule has 0 aliphatic rings. The molecule has 0 fully saturated rings. The average Bonchev–Trinajstić information content (AvgIpc) is 2.81. The van der Waals surface area contributed by atoms with Crippen molar-refractivity contribution in [2.75, 3.05) is 0 Å². The van der Waals surface area contributed by atoms with Crippen LogP contribution in [-0.2, 0) is 22.7 Å². The Hall–Kier alpha value is -3.97. The molecule has 162 valence electrons. The Kier molecular flexibility index (Phi) is 7.72. The molecule has 0 aliphatic carbocycles. The maximum Gasteiger partial charge on any atom is 0.288 e. The third kappa shape index (κ3) is 6.26. The van der Waals surface area contributed by atoms with Crippen LogP contribution in [0.3, 0.4) is 0 Å². The molecule has 0 saturated carbocycles. The van der Waals surface area contributed by atoms with Gasteiger partial charge in [-0.25, -0.2) is 0 Å². The molecule has 0 bridgehead atoms. The van der Waals surface area contributed by atoms with Crippen molar-refractivity contribution < 1.29 is 14.5 Å². The van der Waals surface area contributed by atoms with Gasteiger partial charge in [0, 0.05) is 19.2 Å². The van der Waals surface area contributed by atoms with Crippen LogP contribution in [0.15, 0.2) is 84.4 Å². The molecule has 0 aromatic heterocycles. The third-order valence-corrected chi connectivity index (χ3v) is 4.88. The van der Waals surface area contributed by atoms with Crippen molar-refractivity contribution >= 4 is 35.2 Å². The third-order valence-electron chi connectivity index (χ3n) is 4.56. The van der Waals surface area contributed by atoms with Gasteiger partial charge >= 0.3 is 0 Å². The van der Waals surface area contributed by atoms with Gasteiger partial charge in [-0.2, -0.15) is 0 Å². The zero-order valence-corrected chi connectivity index (χ0v) is 17.7. The van der Waals surface area contributed by atoms with Crippen LogP contribution in [0.1, 0.15) is 16.7 Å². The van der Waals surface area contributed by atoms with Crippen LogP contribution in [-0.4, -0.2) is 16.7 Å². The molecule has 3 aromatic carbocycles. The van der Waals surface area contributed by atoms with Crippen molar-refractivity contribution in [1.82, 2.24) is 10.6 Å². The summed E-state index contributed by atoms with van der Waals surface area (Å²) in [5.41, 5.74) is 1.56. The van der Waals surface area contributed by atoms with Gasteiger partial charge in [0.2, 0.25) is 0 Å². The van der Waals surface area contributed by atoms with Crippen molar-refractivity contribution in [3.63, 3.8) is 0 Å². The molecular weight excluding hydrogens is 430 g/mol. The summed E-state index contributed by atoms with van der Waals surface area (Å²) in [5, 5.41) is 16.6. The molecule has 0 spiro atoms. The number of nitro groups is 1. The summed E-state index contributed by atoms with van der Waals surface area (Å²) in [6.45, 7) is 0.452. The van der Waals surface area contributed by atoms with E-state index in [1.165, 1.54) is 24.3 Å². The molecule has 7 nitrogen and oxygen atoms in total. The Morgan fingerprint density at radius 1 is 0.844 bits per heavy atom. The molecule has 0 saturated heterocycles. The molecule has 0 unspecified atom stereocenters. The van der Waals surface area contributed by atoms with E-state index in [0.717, 1.165) is 11.1 Å². The van der Waals surface area contributed by atoms with E-state index >= 15 is 0 Å². The number of hydrogen-bond acceptors (Lipinski definition) is 4. The van der Waals surface area contributed by atoms with E-state index in [9.17, 15) is 19.7 Å². The van der Waals surface area contributed by atoms with E-state index in [2.05, 4.69) is 10.6 Å². The van der Waals surface area contributed by atoms with Gasteiger partial charge in [0.25, 0.3) is 17.5 Å². The molecule has 32 heavy (non-hydrogen) atoms. The van der Waals surface area contributed by atoms with Crippen LogP contribution in [0.4, 0.5) is 5.69 Å². The van der Waals surface area contributed by atoms with Crippen LogP contribution in [0, 0.1) is 10.1 Å². The second kappa shape index (κ2) is 10.9. The van der Waals surface area contributed by atoms with Gasteiger partial charge in [0.05, 0.1) is 4.92 Å². The van der Waals surface area contributed by atoms with Crippen LogP contribution < -0.4 is 10.6 Å². The van der Waals surface area contributed by atoms with E-state index in [1.54, 1.807) is 0 Å². The largest absolute Gasteiger partial charge is 0.348 e. The smallest absolute Gasteiger partial charge is 0.288 e. The summed E-state index contributed by atoms with van der Waals surface area (Å²) >= 11 is 5.87. The number of hydrogen-bond donors (Lipinski definition) is 2. The fourth-order valence-corrected chi connectivity index (χ4v) is 3.09. The van der Waals surface area contributed by atoms with Crippen molar-refractivity contribution in [3.8, 4) is 0 Å². The number of halogens is 1. The fourth-order valence-electron chi connectivity index (χ4n) is 2.91. The number of benzene rings is 3. The first-order chi connectivity index (χ1) is 15.4. The highest BCUT2D eigenvalue weighted by Crippen LogP contribution is 2.26. The topological polar surface area (TPSA) is 101 Å². The molecule has 3 aromatic rings. The number of nitrogens with one attached hydrogen (secondary N) is 2. The first kappa shape index (κ1) is 22.7. The lowest BCUT2D eigenvalue weighted by atomic mass is 10.1. The number of carbonyl (C=O) groups excluding carboxylic acids is 2. The quantitative estimate of drug-likeness (QED) is 0.176. The summed E-state index contributed by atoms with van der Waals surface area (Å²) in [4.78, 5) is 36.3. The van der Waals surface area contributed by atoms with E-state index in [4.69, 9.17) is 11.6 Å². The van der Waals surface area contributed by atoms with Gasteiger partial charge in [-0.15, -0.1) is 0 Å². The normalized spacial score (nSPS) is 10.2. The van der Waals surface area contributed by atoms with E-state index < -0.39 is 16.7 Å². The number of amides is 2. The van der Waals surface area contributed by atoms with Gasteiger partial charge < -0.3 is 10.6 Å². The van der Waals surface area contributed by atoms with Crippen molar-refractivity contribution in [2.45, 2.75) is 13.1 Å². The van der Waals surface area contributed by atoms with E-state index in [-0.39, 0.29) is 29.4 Å². The van der Waals surface area contributed by atoms with Crippen LogP contribution >= 0.6 is 11.6 Å². The van der Waals surface area contributed by atoms with Gasteiger partial charge in [0.1, 0.15) is 10.6 Å². The summed E-state index contributed by atoms with van der Waals surface area (Å²) < 4.78 is 0. The predicted molar refractivity (Wildman–Crippen MR) is 123 cm³/mol. The summed E-state index contributed by atoms with van der Waals surface area (Å²) in [6, 6.07) is 22.6. The maximum atomic E-state index is 12.9. The van der Waals surface area contributed by atoms with Crippen LogP contribution in [0.2, 0.25) is 5.02 Å². The minimum Gasteiger partial charge on any atom is -0.348 e. The first-order valence-electron chi connectivity index (χ1n) is 9.74. The standard InChI is InChI=1S/C24H20ClN3O4/c25-21-12-11-19(14-22(21)28(31)32)13-20(23(29)26-15-17-7-3-1-4-8-17)24(30)27-16-18-9-5-2-6-10-18/h1-14H,15-16H2,(H,26,29)(H,27,30). The van der Waals surface area contributed by atoms with Crippen molar-refractivity contribution in [3.05, 3.63) is 116 Å². The molecule has 0 radical (unpaired) electrons. The predicted octanol–water partition coefficient (Wildman–Crippen LogP) is 4.26. The Morgan fingerprint density at radius 3 is 1.81 bits per heavy atom. The molecule has 0 heterocycles. The SMILES string of the molecule is O=C(NCc1ccccc1)C(=Cc1ccc(Cl)c([N+](=O)[O-])c1)C(=O)NCc1ccccc1. The molecule has 0 aliphatic heterocycles. The maximum absolute atomic E-state index is 12.9. The van der Waals surface area contributed by atoms with Crippen molar-refractivity contribution in [1.29, 1.82) is 0 Å². The lowest BCUT2D eigenvalue weighted by molar-refractivity contribution is -0.384. The van der Waals surface area contributed by atoms with E-state index in [1.807, 2.05) is 60.7 Å². The molecule has 3 rings (SSSR count). The first-order valence-corrected chi connectivity index (χ1v) is 10.1. The van der Waals surface area contributed by atoms with Crippen LogP contribution in [0.25, 0.3) is 6.08 Å². The number of rotatable bonds is 8. The zero-order chi connectivity index (χ0) is 22.9. The highest BCUT2D eigenvalue weighted by Gasteiger charge is 2.19. The summed E-state index contributed by atoms with van der Waals surface area (Å²) in [5.74, 6) is -1.20. The van der Waals surface area contributed by atoms with Gasteiger partial charge in [0.15, 0.2) is 0 Å². The lowest BCUT2D eigenvalue weighted by Gasteiger charge is -2.11. The van der Waals surface area contributed by atoms with Gasteiger partial charge in [-0.3, -0.25) is 19.7 Å². The highest BCUT2D eigenvalue weighted by molar-refractivity contribution is 6.32. The molecule has 0 atom stereocenters. The summed E-state index contributed by atoms with van der Waals surface area (Å²) in [6.07, 6.45) is 1.31. The molecule has 2 amide bonds. The molecule has 2 N–H and O–H groups in total. The Bertz CT molecular complexity index is 1090. The fraction of sp³-hybridized carbons (Fsp3) is 0.0833. The second-order valence-corrected chi connectivity index (χ2v) is 7.27. The Labute approximate surface area is 189 Å². The minimum atomic E-state index is -0.621. The van der Waals surface area contributed by atoms with Gasteiger partial charge in [-0.1, -0.05) is 78.3 Å². The zero-order valence-electron chi connectivity index (χ0n) is 17.0. The number of nitrogens with zero attached hydrogens (tertiary/aromatic N) is 1. The minimum absolute atomic E-state index is 0.0317. The number of carbonyl (C=O) groups is 2. The Morgan fingerprint density at radius 2 is 1.34 bits per heavy atom. The summed E-state index contributed by atoms with van der Waals surface area (Å²) in [7, 11) is 0. The highest BCUT2D eigenvalue weighted by atomic mass is 35.5. The molecular formula is C24H20ClN3O4. The Balaban J connectivity index is 1.84. The average molecular weight is 450 g/mol. The lowest BCUT2D eigenvalue weighted by Crippen LogP contribution is -2.34. The monoisotopic (exact) mass is 449 g/mol. The van der Waals surface area contributed by atoms with Gasteiger partial charge in [-0.05, 0) is 28.8 Å².